The zero-order valence-corrected chi connectivity index (χ0v) is 8.15. The van der Waals surface area contributed by atoms with Crippen LogP contribution in [0.5, 0.6) is 11.5 Å². The molecule has 0 unspecified atom stereocenters. The summed E-state index contributed by atoms with van der Waals surface area (Å²) < 4.78 is 4.82. The van der Waals surface area contributed by atoms with E-state index in [0.29, 0.717) is 0 Å². The Hall–Kier alpha value is -2.28. The number of nitrogens with zero attached hydrogens (tertiary/aromatic N) is 1. The summed E-state index contributed by atoms with van der Waals surface area (Å²) in [6.45, 7) is 11.7. The van der Waals surface area contributed by atoms with Gasteiger partial charge in [-0.3, -0.25) is 0 Å². The van der Waals surface area contributed by atoms with Gasteiger partial charge >= 0.3 is 5.97 Å². The largest absolute Gasteiger partial charge is 0.504 e. The molecular formula is C11H9NO3. The second-order valence-electron chi connectivity index (χ2n) is 2.93. The molecule has 0 aliphatic carbocycles. The van der Waals surface area contributed by atoms with E-state index in [1.165, 1.54) is 25.1 Å². The highest BCUT2D eigenvalue weighted by molar-refractivity contribution is 5.89. The molecular weight excluding hydrogens is 194 g/mol. The molecule has 0 bridgehead atoms. The maximum Gasteiger partial charge on any atom is 0.338 e. The van der Waals surface area contributed by atoms with Crippen molar-refractivity contribution < 1.29 is 14.6 Å². The first-order valence-electron chi connectivity index (χ1n) is 4.12. The standard InChI is InChI=1S/C11H9NO3/c1-7(2)11(14)15-10-6-8(12-3)4-5-9(10)13/h4-6,13H,1H2,2H3. The summed E-state index contributed by atoms with van der Waals surface area (Å²) in [6.07, 6.45) is 0. The first-order chi connectivity index (χ1) is 7.04. The van der Waals surface area contributed by atoms with Gasteiger partial charge in [-0.15, -0.1) is 0 Å². The summed E-state index contributed by atoms with van der Waals surface area (Å²) in [5, 5.41) is 9.35. The first-order valence-corrected chi connectivity index (χ1v) is 4.12. The fourth-order valence-electron chi connectivity index (χ4n) is 0.841. The van der Waals surface area contributed by atoms with Crippen molar-refractivity contribution in [2.45, 2.75) is 6.92 Å². The van der Waals surface area contributed by atoms with E-state index in [0.717, 1.165) is 0 Å². The molecule has 0 spiro atoms. The Balaban J connectivity index is 2.99. The van der Waals surface area contributed by atoms with Crippen molar-refractivity contribution in [2.75, 3.05) is 0 Å². The molecule has 0 aliphatic rings. The molecule has 1 rings (SSSR count). The third-order valence-corrected chi connectivity index (χ3v) is 1.62. The number of aromatic hydroxyl groups is 1. The van der Waals surface area contributed by atoms with Crippen LogP contribution in [0.3, 0.4) is 0 Å². The average Bonchev–Trinajstić information content (AvgIpc) is 2.21. The lowest BCUT2D eigenvalue weighted by Gasteiger charge is -2.05. The predicted molar refractivity (Wildman–Crippen MR) is 54.8 cm³/mol. The number of benzene rings is 1. The number of carbonyl (C=O) groups is 1. The number of phenols is 1. The van der Waals surface area contributed by atoms with Gasteiger partial charge in [-0.2, -0.15) is 0 Å². The molecule has 1 N–H and O–H groups in total. The molecule has 0 amide bonds. The summed E-state index contributed by atoms with van der Waals surface area (Å²) in [4.78, 5) is 14.3. The molecule has 1 aromatic rings. The summed E-state index contributed by atoms with van der Waals surface area (Å²) in [5.41, 5.74) is 0.514. The minimum absolute atomic E-state index is 0.0310. The Morgan fingerprint density at radius 1 is 1.60 bits per heavy atom. The van der Waals surface area contributed by atoms with Crippen molar-refractivity contribution in [1.29, 1.82) is 0 Å². The SMILES string of the molecule is [C-]#[N+]c1ccc(O)c(OC(=O)C(=C)C)c1. The molecule has 0 fully saturated rings. The van der Waals surface area contributed by atoms with Crippen molar-refractivity contribution in [1.82, 2.24) is 0 Å². The zero-order chi connectivity index (χ0) is 11.4. The fraction of sp³-hybridized carbons (Fsp3) is 0.0909. The highest BCUT2D eigenvalue weighted by atomic mass is 16.5. The van der Waals surface area contributed by atoms with Crippen LogP contribution < -0.4 is 4.74 Å². The highest BCUT2D eigenvalue weighted by Gasteiger charge is 2.09. The lowest BCUT2D eigenvalue weighted by atomic mass is 10.3. The molecule has 4 nitrogen and oxygen atoms in total. The summed E-state index contributed by atoms with van der Waals surface area (Å²) in [6, 6.07) is 4.03. The molecule has 0 atom stereocenters. The van der Waals surface area contributed by atoms with Crippen LogP contribution in [0.15, 0.2) is 30.4 Å². The maximum atomic E-state index is 11.2. The quantitative estimate of drug-likeness (QED) is 0.347. The Morgan fingerprint density at radius 3 is 2.80 bits per heavy atom. The summed E-state index contributed by atoms with van der Waals surface area (Å²) in [7, 11) is 0. The smallest absolute Gasteiger partial charge is 0.338 e. The number of rotatable bonds is 2. The van der Waals surface area contributed by atoms with E-state index < -0.39 is 5.97 Å². The molecule has 15 heavy (non-hydrogen) atoms. The molecule has 1 aromatic carbocycles. The molecule has 0 heterocycles. The van der Waals surface area contributed by atoms with Crippen LogP contribution in [0.1, 0.15) is 6.92 Å². The highest BCUT2D eigenvalue weighted by Crippen LogP contribution is 2.30. The van der Waals surface area contributed by atoms with Crippen LogP contribution in [0.25, 0.3) is 4.85 Å². The van der Waals surface area contributed by atoms with Crippen molar-refractivity contribution in [3.05, 3.63) is 41.8 Å². The summed E-state index contributed by atoms with van der Waals surface area (Å²) in [5.74, 6) is -0.846. The van der Waals surface area contributed by atoms with E-state index in [2.05, 4.69) is 11.4 Å². The van der Waals surface area contributed by atoms with Gasteiger partial charge in [0.25, 0.3) is 0 Å². The second-order valence-corrected chi connectivity index (χ2v) is 2.93. The second kappa shape index (κ2) is 4.29. The Labute approximate surface area is 87.2 Å². The van der Waals surface area contributed by atoms with Crippen molar-refractivity contribution in [2.24, 2.45) is 0 Å². The van der Waals surface area contributed by atoms with Crippen molar-refractivity contribution in [3.8, 4) is 11.5 Å². The van der Waals surface area contributed by atoms with Crippen LogP contribution in [-0.2, 0) is 4.79 Å². The van der Waals surface area contributed by atoms with Crippen LogP contribution in [0.4, 0.5) is 5.69 Å². The van der Waals surface area contributed by atoms with E-state index in [1.807, 2.05) is 0 Å². The van der Waals surface area contributed by atoms with Gasteiger partial charge in [-0.1, -0.05) is 12.6 Å². The fourth-order valence-corrected chi connectivity index (χ4v) is 0.841. The lowest BCUT2D eigenvalue weighted by Crippen LogP contribution is -2.08. The van der Waals surface area contributed by atoms with Gasteiger partial charge in [0, 0.05) is 5.57 Å². The van der Waals surface area contributed by atoms with Crippen molar-refractivity contribution >= 4 is 11.7 Å². The minimum Gasteiger partial charge on any atom is -0.504 e. The van der Waals surface area contributed by atoms with Crippen LogP contribution >= 0.6 is 0 Å². The predicted octanol–water partition coefficient (Wildman–Crippen LogP) is 2.42. The number of ether oxygens (including phenoxy) is 1. The molecule has 0 saturated carbocycles. The lowest BCUT2D eigenvalue weighted by molar-refractivity contribution is -0.130. The summed E-state index contributed by atoms with van der Waals surface area (Å²) >= 11 is 0. The Kier molecular flexibility index (Phi) is 3.09. The minimum atomic E-state index is -0.632. The van der Waals surface area contributed by atoms with Crippen molar-refractivity contribution in [3.63, 3.8) is 0 Å². The Morgan fingerprint density at radius 2 is 2.27 bits per heavy atom. The molecule has 0 aliphatic heterocycles. The molecule has 76 valence electrons. The first kappa shape index (κ1) is 10.8. The van der Waals surface area contributed by atoms with Gasteiger partial charge in [-0.05, 0) is 19.1 Å². The van der Waals surface area contributed by atoms with Gasteiger partial charge in [0.15, 0.2) is 17.2 Å². The van der Waals surface area contributed by atoms with E-state index in [-0.39, 0.29) is 22.8 Å². The third kappa shape index (κ3) is 2.58. The monoisotopic (exact) mass is 203 g/mol. The topological polar surface area (TPSA) is 50.9 Å². The molecule has 0 saturated heterocycles. The van der Waals surface area contributed by atoms with Gasteiger partial charge in [-0.25, -0.2) is 9.64 Å². The van der Waals surface area contributed by atoms with Crippen LogP contribution in [-0.4, -0.2) is 11.1 Å². The Bertz CT molecular complexity index is 457. The number of phenolic OH excluding ortho intramolecular Hbond substituents is 1. The van der Waals surface area contributed by atoms with Crippen LogP contribution in [0.2, 0.25) is 0 Å². The van der Waals surface area contributed by atoms with Gasteiger partial charge in [0.1, 0.15) is 0 Å². The van der Waals surface area contributed by atoms with E-state index >= 15 is 0 Å². The third-order valence-electron chi connectivity index (χ3n) is 1.62. The molecule has 0 aromatic heterocycles. The van der Waals surface area contributed by atoms with E-state index in [4.69, 9.17) is 11.3 Å². The normalized spacial score (nSPS) is 9.07. The van der Waals surface area contributed by atoms with E-state index in [1.54, 1.807) is 0 Å². The number of carbonyl (C=O) groups excluding carboxylic acids is 1. The van der Waals surface area contributed by atoms with Crippen LogP contribution in [0, 0.1) is 6.57 Å². The average molecular weight is 203 g/mol. The number of hydrogen-bond acceptors (Lipinski definition) is 3. The van der Waals surface area contributed by atoms with Gasteiger partial charge < -0.3 is 9.84 Å². The molecule has 0 radical (unpaired) electrons. The zero-order valence-electron chi connectivity index (χ0n) is 8.15. The number of esters is 1. The molecule has 4 heteroatoms. The number of hydrogen-bond donors (Lipinski definition) is 1. The van der Waals surface area contributed by atoms with Gasteiger partial charge in [0.2, 0.25) is 0 Å². The maximum absolute atomic E-state index is 11.2. The van der Waals surface area contributed by atoms with Gasteiger partial charge in [0.05, 0.1) is 6.57 Å². The van der Waals surface area contributed by atoms with E-state index in [9.17, 15) is 9.90 Å².